The van der Waals surface area contributed by atoms with Crippen molar-refractivity contribution in [2.75, 3.05) is 13.6 Å². The summed E-state index contributed by atoms with van der Waals surface area (Å²) in [4.78, 5) is 26.1. The first kappa shape index (κ1) is 16.5. The highest BCUT2D eigenvalue weighted by atomic mass is 16.2. The van der Waals surface area contributed by atoms with Crippen LogP contribution in [0.1, 0.15) is 53.3 Å². The van der Waals surface area contributed by atoms with Gasteiger partial charge in [-0.1, -0.05) is 6.07 Å². The summed E-state index contributed by atoms with van der Waals surface area (Å²) in [6.45, 7) is 2.56. The molecule has 1 fully saturated rings. The molecule has 2 rings (SSSR count). The predicted octanol–water partition coefficient (Wildman–Crippen LogP) is 1.78. The molecule has 22 heavy (non-hydrogen) atoms. The molecule has 1 aromatic rings. The minimum Gasteiger partial charge on any atom is -0.349 e. The molecule has 1 saturated carbocycles. The molecule has 120 valence electrons. The van der Waals surface area contributed by atoms with E-state index in [0.29, 0.717) is 17.7 Å². The highest BCUT2D eigenvalue weighted by Gasteiger charge is 2.21. The Labute approximate surface area is 131 Å². The van der Waals surface area contributed by atoms with Gasteiger partial charge >= 0.3 is 0 Å². The molecule has 1 aliphatic rings. The topological polar surface area (TPSA) is 75.4 Å². The Hall–Kier alpha value is -1.88. The van der Waals surface area contributed by atoms with Crippen LogP contribution in [-0.4, -0.2) is 42.4 Å². The van der Waals surface area contributed by atoms with E-state index >= 15 is 0 Å². The van der Waals surface area contributed by atoms with Crippen LogP contribution in [0.15, 0.2) is 24.3 Å². The van der Waals surface area contributed by atoms with Crippen LogP contribution in [0.2, 0.25) is 0 Å². The van der Waals surface area contributed by atoms with E-state index in [1.54, 1.807) is 36.2 Å². The Morgan fingerprint density at radius 1 is 1.23 bits per heavy atom. The van der Waals surface area contributed by atoms with Crippen molar-refractivity contribution < 1.29 is 9.59 Å². The fraction of sp³-hybridized carbons (Fsp3) is 0.529. The van der Waals surface area contributed by atoms with Crippen molar-refractivity contribution in [1.82, 2.24) is 10.2 Å². The zero-order valence-electron chi connectivity index (χ0n) is 13.3. The molecule has 0 aromatic heterocycles. The second-order valence-electron chi connectivity index (χ2n) is 5.99. The number of hydrogen-bond donors (Lipinski definition) is 2. The van der Waals surface area contributed by atoms with Gasteiger partial charge in [-0.25, -0.2) is 0 Å². The summed E-state index contributed by atoms with van der Waals surface area (Å²) in [7, 11) is 1.75. The first-order valence-corrected chi connectivity index (χ1v) is 7.93. The smallest absolute Gasteiger partial charge is 0.253 e. The Morgan fingerprint density at radius 3 is 2.50 bits per heavy atom. The van der Waals surface area contributed by atoms with Crippen LogP contribution in [0, 0.1) is 0 Å². The van der Waals surface area contributed by atoms with Gasteiger partial charge in [-0.05, 0) is 50.8 Å². The average Bonchev–Trinajstić information content (AvgIpc) is 2.55. The SMILES string of the molecule is CCN(C)C(=O)c1cccc(C(=O)NC2CCC(N)CC2)c1. The van der Waals surface area contributed by atoms with Crippen LogP contribution in [0.25, 0.3) is 0 Å². The number of hydrogen-bond acceptors (Lipinski definition) is 3. The molecule has 0 saturated heterocycles. The summed E-state index contributed by atoms with van der Waals surface area (Å²) in [5.74, 6) is -0.185. The van der Waals surface area contributed by atoms with Crippen LogP contribution in [0.4, 0.5) is 0 Å². The molecule has 5 heteroatoms. The lowest BCUT2D eigenvalue weighted by atomic mass is 9.91. The molecule has 0 spiro atoms. The third-order valence-electron chi connectivity index (χ3n) is 4.30. The molecule has 5 nitrogen and oxygen atoms in total. The van der Waals surface area contributed by atoms with Crippen molar-refractivity contribution in [3.63, 3.8) is 0 Å². The average molecular weight is 303 g/mol. The standard InChI is InChI=1S/C17H25N3O2/c1-3-20(2)17(22)13-6-4-5-12(11-13)16(21)19-15-9-7-14(18)8-10-15/h4-6,11,14-15H,3,7-10,18H2,1-2H3,(H,19,21). The molecular weight excluding hydrogens is 278 g/mol. The van der Waals surface area contributed by atoms with Crippen molar-refractivity contribution in [1.29, 1.82) is 0 Å². The lowest BCUT2D eigenvalue weighted by molar-refractivity contribution is 0.0802. The van der Waals surface area contributed by atoms with Gasteiger partial charge in [-0.3, -0.25) is 9.59 Å². The maximum Gasteiger partial charge on any atom is 0.253 e. The minimum absolute atomic E-state index is 0.0687. The van der Waals surface area contributed by atoms with E-state index in [1.165, 1.54) is 0 Å². The quantitative estimate of drug-likeness (QED) is 0.890. The fourth-order valence-electron chi connectivity index (χ4n) is 2.69. The van der Waals surface area contributed by atoms with E-state index in [0.717, 1.165) is 25.7 Å². The number of amides is 2. The van der Waals surface area contributed by atoms with Gasteiger partial charge in [0.25, 0.3) is 11.8 Å². The van der Waals surface area contributed by atoms with Crippen molar-refractivity contribution >= 4 is 11.8 Å². The third kappa shape index (κ3) is 4.07. The monoisotopic (exact) mass is 303 g/mol. The summed E-state index contributed by atoms with van der Waals surface area (Å²) in [6.07, 6.45) is 3.74. The molecule has 2 amide bonds. The highest BCUT2D eigenvalue weighted by molar-refractivity contribution is 5.99. The molecule has 0 radical (unpaired) electrons. The van der Waals surface area contributed by atoms with Gasteiger partial charge in [0.1, 0.15) is 0 Å². The Morgan fingerprint density at radius 2 is 1.86 bits per heavy atom. The number of benzene rings is 1. The van der Waals surface area contributed by atoms with E-state index in [-0.39, 0.29) is 23.9 Å². The highest BCUT2D eigenvalue weighted by Crippen LogP contribution is 2.17. The molecular formula is C17H25N3O2. The molecule has 0 heterocycles. The largest absolute Gasteiger partial charge is 0.349 e. The second-order valence-corrected chi connectivity index (χ2v) is 5.99. The molecule has 1 aromatic carbocycles. The summed E-state index contributed by atoms with van der Waals surface area (Å²) < 4.78 is 0. The zero-order valence-corrected chi connectivity index (χ0v) is 13.3. The van der Waals surface area contributed by atoms with Gasteiger partial charge in [0.15, 0.2) is 0 Å². The van der Waals surface area contributed by atoms with E-state index in [9.17, 15) is 9.59 Å². The van der Waals surface area contributed by atoms with E-state index in [2.05, 4.69) is 5.32 Å². The molecule has 0 atom stereocenters. The summed E-state index contributed by atoms with van der Waals surface area (Å²) >= 11 is 0. The van der Waals surface area contributed by atoms with Gasteiger partial charge < -0.3 is 16.0 Å². The van der Waals surface area contributed by atoms with Crippen LogP contribution in [0.5, 0.6) is 0 Å². The normalized spacial score (nSPS) is 21.2. The first-order chi connectivity index (χ1) is 10.5. The molecule has 0 aliphatic heterocycles. The maximum absolute atomic E-state index is 12.3. The number of carbonyl (C=O) groups is 2. The van der Waals surface area contributed by atoms with Gasteiger partial charge in [-0.15, -0.1) is 0 Å². The van der Waals surface area contributed by atoms with Crippen molar-refractivity contribution in [3.8, 4) is 0 Å². The molecule has 0 bridgehead atoms. The summed E-state index contributed by atoms with van der Waals surface area (Å²) in [6, 6.07) is 7.35. The Balaban J connectivity index is 2.02. The number of nitrogens with two attached hydrogens (primary N) is 1. The summed E-state index contributed by atoms with van der Waals surface area (Å²) in [5, 5.41) is 3.05. The fourth-order valence-corrected chi connectivity index (χ4v) is 2.69. The number of carbonyl (C=O) groups excluding carboxylic acids is 2. The third-order valence-corrected chi connectivity index (χ3v) is 4.30. The Kier molecular flexibility index (Phi) is 5.55. The van der Waals surface area contributed by atoms with E-state index < -0.39 is 0 Å². The predicted molar refractivity (Wildman–Crippen MR) is 86.8 cm³/mol. The van der Waals surface area contributed by atoms with Gasteiger partial charge in [-0.2, -0.15) is 0 Å². The number of nitrogens with zero attached hydrogens (tertiary/aromatic N) is 1. The first-order valence-electron chi connectivity index (χ1n) is 7.93. The minimum atomic E-state index is -0.116. The lowest BCUT2D eigenvalue weighted by Crippen LogP contribution is -2.40. The van der Waals surface area contributed by atoms with Crippen LogP contribution >= 0.6 is 0 Å². The molecule has 1 aliphatic carbocycles. The van der Waals surface area contributed by atoms with Crippen LogP contribution in [0.3, 0.4) is 0 Å². The zero-order chi connectivity index (χ0) is 16.1. The van der Waals surface area contributed by atoms with E-state index in [1.807, 2.05) is 6.92 Å². The van der Waals surface area contributed by atoms with Gasteiger partial charge in [0.2, 0.25) is 0 Å². The van der Waals surface area contributed by atoms with Gasteiger partial charge in [0, 0.05) is 36.8 Å². The number of rotatable bonds is 4. The van der Waals surface area contributed by atoms with Gasteiger partial charge in [0.05, 0.1) is 0 Å². The molecule has 0 unspecified atom stereocenters. The maximum atomic E-state index is 12.3. The van der Waals surface area contributed by atoms with Crippen molar-refractivity contribution in [3.05, 3.63) is 35.4 Å². The molecule has 3 N–H and O–H groups in total. The second kappa shape index (κ2) is 7.40. The van der Waals surface area contributed by atoms with Crippen molar-refractivity contribution in [2.24, 2.45) is 5.73 Å². The van der Waals surface area contributed by atoms with Crippen LogP contribution in [-0.2, 0) is 0 Å². The summed E-state index contributed by atoms with van der Waals surface area (Å²) in [5.41, 5.74) is 6.96. The lowest BCUT2D eigenvalue weighted by Gasteiger charge is -2.26. The Bertz CT molecular complexity index is 536. The van der Waals surface area contributed by atoms with Crippen molar-refractivity contribution in [2.45, 2.75) is 44.7 Å². The van der Waals surface area contributed by atoms with E-state index in [4.69, 9.17) is 5.73 Å². The number of nitrogens with one attached hydrogen (secondary N) is 1. The van der Waals surface area contributed by atoms with Crippen LogP contribution < -0.4 is 11.1 Å².